The molecule has 0 spiro atoms. The topological polar surface area (TPSA) is 159 Å². The van der Waals surface area contributed by atoms with E-state index in [1.165, 1.54) is 0 Å². The maximum Gasteiger partial charge on any atom is 0.350 e. The van der Waals surface area contributed by atoms with Gasteiger partial charge in [0.05, 0.1) is 5.75 Å². The second kappa shape index (κ2) is 10.4. The van der Waals surface area contributed by atoms with Crippen LogP contribution in [0.15, 0.2) is 0 Å². The first-order chi connectivity index (χ1) is 7.80. The Bertz CT molecular complexity index is 290. The molecule has 0 aliphatic rings. The van der Waals surface area contributed by atoms with Crippen LogP contribution in [-0.4, -0.2) is 51.0 Å². The van der Waals surface area contributed by atoms with Crippen molar-refractivity contribution in [2.24, 2.45) is 17.2 Å². The molecule has 0 radical (unpaired) electrons. The Balaban J connectivity index is 0. The highest BCUT2D eigenvalue weighted by Crippen LogP contribution is 1.98. The van der Waals surface area contributed by atoms with Crippen molar-refractivity contribution in [3.63, 3.8) is 0 Å². The molecule has 0 heterocycles. The van der Waals surface area contributed by atoms with Crippen molar-refractivity contribution in [1.29, 1.82) is 0 Å². The number of aliphatic hydroxyl groups excluding tert-OH is 1. The summed E-state index contributed by atoms with van der Waals surface area (Å²) >= 11 is 0. The lowest BCUT2D eigenvalue weighted by molar-refractivity contribution is -0.142. The third kappa shape index (κ3) is 13.2. The molecule has 0 fully saturated rings. The lowest BCUT2D eigenvalue weighted by Crippen LogP contribution is -2.25. The number of aliphatic hydroxyl groups is 1. The molecule has 1 unspecified atom stereocenters. The maximum absolute atomic E-state index is 10.9. The van der Waals surface area contributed by atoms with Gasteiger partial charge < -0.3 is 26.5 Å². The van der Waals surface area contributed by atoms with E-state index in [4.69, 9.17) is 22.3 Å². The second-order valence-corrected chi connectivity index (χ2v) is 4.75. The summed E-state index contributed by atoms with van der Waals surface area (Å²) in [5, 5.41) is 8.65. The first kappa shape index (κ1) is 18.6. The highest BCUT2D eigenvalue weighted by atomic mass is 32.2. The standard InChI is InChI=1S/C6H13NO5S.C2H8N2/c1-5(8)6(9)12-13(10,11)4-2-3-7;3-1-2-4/h5,8H,2-4,7H2,1H3;1-4H2. The zero-order valence-electron chi connectivity index (χ0n) is 9.83. The molecule has 0 aromatic carbocycles. The highest BCUT2D eigenvalue weighted by Gasteiger charge is 2.19. The van der Waals surface area contributed by atoms with Crippen LogP contribution in [0, 0.1) is 0 Å². The van der Waals surface area contributed by atoms with Crippen LogP contribution in [-0.2, 0) is 19.1 Å². The van der Waals surface area contributed by atoms with E-state index in [9.17, 15) is 13.2 Å². The molecular weight excluding hydrogens is 250 g/mol. The molecule has 0 aromatic heterocycles. The fourth-order valence-electron chi connectivity index (χ4n) is 0.497. The maximum atomic E-state index is 10.9. The van der Waals surface area contributed by atoms with Crippen molar-refractivity contribution in [2.75, 3.05) is 25.4 Å². The molecule has 0 bridgehead atoms. The predicted molar refractivity (Wildman–Crippen MR) is 63.3 cm³/mol. The Morgan fingerprint density at radius 1 is 1.24 bits per heavy atom. The van der Waals surface area contributed by atoms with Crippen LogP contribution in [0.3, 0.4) is 0 Å². The third-order valence-corrected chi connectivity index (χ3v) is 2.52. The average molecular weight is 271 g/mol. The van der Waals surface area contributed by atoms with E-state index in [1.807, 2.05) is 0 Å². The molecule has 7 N–H and O–H groups in total. The predicted octanol–water partition coefficient (Wildman–Crippen LogP) is -2.51. The van der Waals surface area contributed by atoms with Gasteiger partial charge in [-0.15, -0.1) is 0 Å². The summed E-state index contributed by atoms with van der Waals surface area (Å²) in [6, 6.07) is 0. The number of carbonyl (C=O) groups is 1. The van der Waals surface area contributed by atoms with Gasteiger partial charge in [0, 0.05) is 13.1 Å². The van der Waals surface area contributed by atoms with Crippen LogP contribution in [0.5, 0.6) is 0 Å². The van der Waals surface area contributed by atoms with Gasteiger partial charge in [0.15, 0.2) is 0 Å². The largest absolute Gasteiger partial charge is 0.382 e. The van der Waals surface area contributed by atoms with E-state index in [0.29, 0.717) is 13.1 Å². The molecule has 9 heteroatoms. The third-order valence-electron chi connectivity index (χ3n) is 1.32. The molecule has 0 saturated heterocycles. The van der Waals surface area contributed by atoms with Crippen molar-refractivity contribution in [3.8, 4) is 0 Å². The van der Waals surface area contributed by atoms with Crippen LogP contribution < -0.4 is 17.2 Å². The Morgan fingerprint density at radius 3 is 2.00 bits per heavy atom. The van der Waals surface area contributed by atoms with E-state index in [2.05, 4.69) is 4.18 Å². The van der Waals surface area contributed by atoms with Crippen LogP contribution >= 0.6 is 0 Å². The lowest BCUT2D eigenvalue weighted by atomic mass is 10.4. The first-order valence-corrected chi connectivity index (χ1v) is 6.62. The van der Waals surface area contributed by atoms with Crippen LogP contribution in [0.4, 0.5) is 0 Å². The lowest BCUT2D eigenvalue weighted by Gasteiger charge is -2.05. The number of nitrogens with two attached hydrogens (primary N) is 3. The normalized spacial score (nSPS) is 12.3. The van der Waals surface area contributed by atoms with E-state index >= 15 is 0 Å². The minimum atomic E-state index is -3.88. The number of carbonyl (C=O) groups excluding carboxylic acids is 1. The van der Waals surface area contributed by atoms with Crippen molar-refractivity contribution < 1.29 is 22.5 Å². The van der Waals surface area contributed by atoms with Gasteiger partial charge in [0.2, 0.25) is 0 Å². The Labute approximate surface area is 101 Å². The van der Waals surface area contributed by atoms with Gasteiger partial charge in [0.25, 0.3) is 0 Å². The fourth-order valence-corrected chi connectivity index (χ4v) is 1.49. The summed E-state index contributed by atoms with van der Waals surface area (Å²) in [6.45, 7) is 2.52. The van der Waals surface area contributed by atoms with Crippen LogP contribution in [0.25, 0.3) is 0 Å². The van der Waals surface area contributed by atoms with E-state index in [0.717, 1.165) is 6.92 Å². The van der Waals surface area contributed by atoms with Crippen LogP contribution in [0.2, 0.25) is 0 Å². The molecule has 0 amide bonds. The molecule has 0 rings (SSSR count). The smallest absolute Gasteiger partial charge is 0.350 e. The van der Waals surface area contributed by atoms with E-state index < -0.39 is 22.2 Å². The summed E-state index contributed by atoms with van der Waals surface area (Å²) in [5.41, 5.74) is 14.9. The summed E-state index contributed by atoms with van der Waals surface area (Å²) < 4.78 is 25.8. The molecule has 8 nitrogen and oxygen atoms in total. The van der Waals surface area contributed by atoms with E-state index in [1.54, 1.807) is 0 Å². The second-order valence-electron chi connectivity index (χ2n) is 3.06. The molecule has 0 aliphatic heterocycles. The van der Waals surface area contributed by atoms with Gasteiger partial charge in [-0.25, -0.2) is 4.79 Å². The Hall–Kier alpha value is -0.740. The molecule has 0 aliphatic carbocycles. The fraction of sp³-hybridized carbons (Fsp3) is 0.875. The van der Waals surface area contributed by atoms with Gasteiger partial charge >= 0.3 is 16.1 Å². The first-order valence-electron chi connectivity index (χ1n) is 5.05. The molecule has 17 heavy (non-hydrogen) atoms. The van der Waals surface area contributed by atoms with Crippen LogP contribution in [0.1, 0.15) is 13.3 Å². The zero-order chi connectivity index (χ0) is 13.9. The van der Waals surface area contributed by atoms with Crippen molar-refractivity contribution in [2.45, 2.75) is 19.4 Å². The molecule has 1 atom stereocenters. The molecule has 0 aromatic rings. The zero-order valence-corrected chi connectivity index (χ0v) is 10.6. The van der Waals surface area contributed by atoms with Gasteiger partial charge in [-0.3, -0.25) is 0 Å². The summed E-state index contributed by atoms with van der Waals surface area (Å²) in [5.74, 6) is -1.49. The Kier molecular flexibility index (Phi) is 11.4. The minimum Gasteiger partial charge on any atom is -0.382 e. The SMILES string of the molecule is CC(O)C(=O)OS(=O)(=O)CCCN.NCCN. The summed E-state index contributed by atoms with van der Waals surface area (Å²) in [4.78, 5) is 10.6. The average Bonchev–Trinajstić information content (AvgIpc) is 2.26. The number of hydrogen-bond acceptors (Lipinski definition) is 8. The van der Waals surface area contributed by atoms with Gasteiger partial charge in [-0.05, 0) is 19.9 Å². The summed E-state index contributed by atoms with van der Waals surface area (Å²) in [7, 11) is -3.88. The molecular formula is C8H21N3O5S. The number of rotatable bonds is 6. The summed E-state index contributed by atoms with van der Waals surface area (Å²) in [6.07, 6.45) is -1.22. The van der Waals surface area contributed by atoms with Gasteiger partial charge in [-0.1, -0.05) is 0 Å². The minimum absolute atomic E-state index is 0.200. The van der Waals surface area contributed by atoms with Crippen molar-refractivity contribution >= 4 is 16.1 Å². The molecule has 0 saturated carbocycles. The quantitative estimate of drug-likeness (QED) is 0.385. The van der Waals surface area contributed by atoms with Gasteiger partial charge in [0.1, 0.15) is 6.10 Å². The van der Waals surface area contributed by atoms with E-state index in [-0.39, 0.29) is 18.7 Å². The monoisotopic (exact) mass is 271 g/mol. The van der Waals surface area contributed by atoms with Crippen molar-refractivity contribution in [1.82, 2.24) is 0 Å². The number of hydrogen-bond donors (Lipinski definition) is 4. The molecule has 104 valence electrons. The van der Waals surface area contributed by atoms with Gasteiger partial charge in [-0.2, -0.15) is 8.42 Å². The highest BCUT2D eigenvalue weighted by molar-refractivity contribution is 7.87. The Morgan fingerprint density at radius 2 is 1.71 bits per heavy atom. The van der Waals surface area contributed by atoms with Crippen molar-refractivity contribution in [3.05, 3.63) is 0 Å².